The monoisotopic (exact) mass is 406 g/mol. The maximum Gasteiger partial charge on any atom is 0.147 e. The minimum Gasteiger partial charge on any atom is -0.492 e. The molecular formula is C22H22N4O2S. The highest BCUT2D eigenvalue weighted by Crippen LogP contribution is 2.26. The predicted molar refractivity (Wildman–Crippen MR) is 115 cm³/mol. The van der Waals surface area contributed by atoms with Gasteiger partial charge in [-0.25, -0.2) is 4.98 Å². The number of aliphatic hydroxyl groups excluding tert-OH is 1. The van der Waals surface area contributed by atoms with Crippen molar-refractivity contribution in [3.8, 4) is 27.7 Å². The molecule has 148 valence electrons. The number of aromatic nitrogens is 3. The second kappa shape index (κ2) is 9.47. The standard InChI is InChI=1S/C22H22N4O2S/c27-20(17-3-1-9-23-13-17)15-24-10-11-28-18-7-5-16(6-8-18)19-14-25-22(26-19)21-4-2-12-29-21/h1-9,12-14,20,24,27H,10-11,15H2,(H,25,26). The number of aliphatic hydroxyl groups is 1. The van der Waals surface area contributed by atoms with Crippen molar-refractivity contribution in [2.75, 3.05) is 19.7 Å². The summed E-state index contributed by atoms with van der Waals surface area (Å²) in [5.41, 5.74) is 2.84. The number of rotatable bonds is 9. The van der Waals surface area contributed by atoms with E-state index in [2.05, 4.69) is 20.3 Å². The van der Waals surface area contributed by atoms with Crippen LogP contribution >= 0.6 is 11.3 Å². The van der Waals surface area contributed by atoms with Gasteiger partial charge in [-0.2, -0.15) is 0 Å². The molecule has 3 N–H and O–H groups in total. The van der Waals surface area contributed by atoms with Crippen LogP contribution in [0.2, 0.25) is 0 Å². The molecule has 0 saturated heterocycles. The van der Waals surface area contributed by atoms with Gasteiger partial charge in [-0.05, 0) is 47.3 Å². The summed E-state index contributed by atoms with van der Waals surface area (Å²) < 4.78 is 5.77. The molecule has 29 heavy (non-hydrogen) atoms. The van der Waals surface area contributed by atoms with E-state index in [0.717, 1.165) is 33.3 Å². The highest BCUT2D eigenvalue weighted by molar-refractivity contribution is 7.13. The van der Waals surface area contributed by atoms with Gasteiger partial charge in [-0.1, -0.05) is 12.1 Å². The van der Waals surface area contributed by atoms with Crippen LogP contribution in [0.1, 0.15) is 11.7 Å². The lowest BCUT2D eigenvalue weighted by molar-refractivity contribution is 0.171. The average Bonchev–Trinajstić information content (AvgIpc) is 3.46. The third-order valence-corrected chi connectivity index (χ3v) is 5.33. The Bertz CT molecular complexity index is 1000. The molecule has 1 atom stereocenters. The maximum absolute atomic E-state index is 10.1. The van der Waals surface area contributed by atoms with E-state index in [-0.39, 0.29) is 0 Å². The molecule has 4 aromatic rings. The van der Waals surface area contributed by atoms with Gasteiger partial charge in [0.05, 0.1) is 22.9 Å². The van der Waals surface area contributed by atoms with Crippen molar-refractivity contribution in [3.63, 3.8) is 0 Å². The fourth-order valence-corrected chi connectivity index (χ4v) is 3.58. The molecule has 7 heteroatoms. The zero-order valence-electron chi connectivity index (χ0n) is 15.8. The number of benzene rings is 1. The van der Waals surface area contributed by atoms with Gasteiger partial charge in [0.2, 0.25) is 0 Å². The van der Waals surface area contributed by atoms with E-state index < -0.39 is 6.10 Å². The minimum atomic E-state index is -0.573. The van der Waals surface area contributed by atoms with Crippen LogP contribution in [0.5, 0.6) is 5.75 Å². The van der Waals surface area contributed by atoms with Crippen LogP contribution < -0.4 is 10.1 Å². The normalized spacial score (nSPS) is 12.0. The molecule has 0 bridgehead atoms. The Labute approximate surface area is 173 Å². The number of pyridine rings is 1. The quantitative estimate of drug-likeness (QED) is 0.367. The van der Waals surface area contributed by atoms with Crippen molar-refractivity contribution in [3.05, 3.63) is 78.1 Å². The summed E-state index contributed by atoms with van der Waals surface area (Å²) in [6, 6.07) is 15.7. The summed E-state index contributed by atoms with van der Waals surface area (Å²) in [5, 5.41) is 15.3. The molecule has 3 heterocycles. The summed E-state index contributed by atoms with van der Waals surface area (Å²) in [6.07, 6.45) is 4.64. The lowest BCUT2D eigenvalue weighted by Gasteiger charge is -2.12. The summed E-state index contributed by atoms with van der Waals surface area (Å²) in [7, 11) is 0. The Morgan fingerprint density at radius 3 is 2.76 bits per heavy atom. The van der Waals surface area contributed by atoms with Crippen molar-refractivity contribution in [1.82, 2.24) is 20.3 Å². The van der Waals surface area contributed by atoms with E-state index in [1.54, 1.807) is 23.7 Å². The van der Waals surface area contributed by atoms with Gasteiger partial charge in [-0.3, -0.25) is 4.98 Å². The number of nitrogens with one attached hydrogen (secondary N) is 2. The first kappa shape index (κ1) is 19.3. The maximum atomic E-state index is 10.1. The van der Waals surface area contributed by atoms with Crippen LogP contribution in [-0.2, 0) is 0 Å². The fourth-order valence-electron chi connectivity index (χ4n) is 2.91. The molecule has 0 amide bonds. The third-order valence-electron chi connectivity index (χ3n) is 4.45. The van der Waals surface area contributed by atoms with Crippen LogP contribution in [0.3, 0.4) is 0 Å². The van der Waals surface area contributed by atoms with Gasteiger partial charge in [0.1, 0.15) is 18.2 Å². The molecule has 1 unspecified atom stereocenters. The highest BCUT2D eigenvalue weighted by atomic mass is 32.1. The number of nitrogens with zero attached hydrogens (tertiary/aromatic N) is 2. The molecule has 3 aromatic heterocycles. The Hall–Kier alpha value is -3.00. The number of imidazole rings is 1. The number of ether oxygens (including phenoxy) is 1. The molecule has 0 radical (unpaired) electrons. The lowest BCUT2D eigenvalue weighted by atomic mass is 10.1. The SMILES string of the molecule is OC(CNCCOc1ccc(-c2cnc(-c3cccs3)[nH]2)cc1)c1cccnc1. The molecule has 0 aliphatic heterocycles. The number of hydrogen-bond acceptors (Lipinski definition) is 6. The van der Waals surface area contributed by atoms with E-state index in [0.29, 0.717) is 19.7 Å². The largest absolute Gasteiger partial charge is 0.492 e. The molecule has 0 aliphatic carbocycles. The van der Waals surface area contributed by atoms with Gasteiger partial charge in [0.15, 0.2) is 0 Å². The van der Waals surface area contributed by atoms with Gasteiger partial charge in [-0.15, -0.1) is 11.3 Å². The highest BCUT2D eigenvalue weighted by Gasteiger charge is 2.07. The number of aromatic amines is 1. The number of hydrogen-bond donors (Lipinski definition) is 3. The minimum absolute atomic E-state index is 0.459. The molecule has 1 aromatic carbocycles. The summed E-state index contributed by atoms with van der Waals surface area (Å²) in [6.45, 7) is 1.62. The first-order chi connectivity index (χ1) is 14.3. The van der Waals surface area contributed by atoms with Crippen molar-refractivity contribution >= 4 is 11.3 Å². The van der Waals surface area contributed by atoms with Crippen molar-refractivity contribution in [1.29, 1.82) is 0 Å². The third kappa shape index (κ3) is 5.08. The van der Waals surface area contributed by atoms with Crippen LogP contribution in [0.25, 0.3) is 22.0 Å². The van der Waals surface area contributed by atoms with E-state index >= 15 is 0 Å². The van der Waals surface area contributed by atoms with Crippen molar-refractivity contribution in [2.24, 2.45) is 0 Å². The van der Waals surface area contributed by atoms with Crippen molar-refractivity contribution in [2.45, 2.75) is 6.10 Å². The Morgan fingerprint density at radius 1 is 1.10 bits per heavy atom. The van der Waals surface area contributed by atoms with Crippen LogP contribution in [0.15, 0.2) is 72.5 Å². The summed E-state index contributed by atoms with van der Waals surface area (Å²) in [5.74, 6) is 1.69. The van der Waals surface area contributed by atoms with Gasteiger partial charge in [0.25, 0.3) is 0 Å². The van der Waals surface area contributed by atoms with Gasteiger partial charge < -0.3 is 20.1 Å². The first-order valence-corrected chi connectivity index (χ1v) is 10.3. The average molecular weight is 407 g/mol. The smallest absolute Gasteiger partial charge is 0.147 e. The van der Waals surface area contributed by atoms with Crippen LogP contribution in [0, 0.1) is 0 Å². The molecule has 6 nitrogen and oxygen atoms in total. The lowest BCUT2D eigenvalue weighted by Crippen LogP contribution is -2.26. The summed E-state index contributed by atoms with van der Waals surface area (Å²) >= 11 is 1.66. The van der Waals surface area contributed by atoms with Crippen LogP contribution in [0.4, 0.5) is 0 Å². The predicted octanol–water partition coefficient (Wildman–Crippen LogP) is 3.90. The molecule has 0 saturated carbocycles. The number of H-pyrrole nitrogens is 1. The Balaban J connectivity index is 1.23. The zero-order valence-corrected chi connectivity index (χ0v) is 16.6. The van der Waals surface area contributed by atoms with E-state index in [1.807, 2.05) is 60.1 Å². The Kier molecular flexibility index (Phi) is 6.31. The molecule has 0 fully saturated rings. The molecule has 4 rings (SSSR count). The van der Waals surface area contributed by atoms with Crippen LogP contribution in [-0.4, -0.2) is 39.8 Å². The second-order valence-electron chi connectivity index (χ2n) is 6.50. The van der Waals surface area contributed by atoms with Gasteiger partial charge >= 0.3 is 0 Å². The van der Waals surface area contributed by atoms with E-state index in [9.17, 15) is 5.11 Å². The molecular weight excluding hydrogens is 384 g/mol. The van der Waals surface area contributed by atoms with E-state index in [1.165, 1.54) is 0 Å². The molecule has 0 spiro atoms. The fraction of sp³-hybridized carbons (Fsp3) is 0.182. The number of thiophene rings is 1. The Morgan fingerprint density at radius 2 is 2.00 bits per heavy atom. The molecule has 0 aliphatic rings. The topological polar surface area (TPSA) is 83.1 Å². The van der Waals surface area contributed by atoms with E-state index in [4.69, 9.17) is 4.74 Å². The van der Waals surface area contributed by atoms with Gasteiger partial charge in [0, 0.05) is 31.0 Å². The second-order valence-corrected chi connectivity index (χ2v) is 7.45. The zero-order chi connectivity index (χ0) is 19.9. The first-order valence-electron chi connectivity index (χ1n) is 9.40. The van der Waals surface area contributed by atoms with Crippen molar-refractivity contribution < 1.29 is 9.84 Å². The summed E-state index contributed by atoms with van der Waals surface area (Å²) in [4.78, 5) is 12.9.